The van der Waals surface area contributed by atoms with Gasteiger partial charge in [0.25, 0.3) is 0 Å². The van der Waals surface area contributed by atoms with E-state index in [9.17, 15) is 22.0 Å². The van der Waals surface area contributed by atoms with Crippen LogP contribution in [0.4, 0.5) is 8.78 Å². The lowest BCUT2D eigenvalue weighted by molar-refractivity contribution is -0.120. The quantitative estimate of drug-likeness (QED) is 0.699. The summed E-state index contributed by atoms with van der Waals surface area (Å²) in [5, 5.41) is 5.66. The highest BCUT2D eigenvalue weighted by Crippen LogP contribution is 2.18. The zero-order chi connectivity index (χ0) is 15.9. The highest BCUT2D eigenvalue weighted by Gasteiger charge is 2.26. The van der Waals surface area contributed by atoms with Crippen molar-refractivity contribution in [2.45, 2.75) is 23.5 Å². The molecule has 2 N–H and O–H groups in total. The molecule has 0 aliphatic carbocycles. The van der Waals surface area contributed by atoms with Gasteiger partial charge in [0, 0.05) is 6.54 Å². The van der Waals surface area contributed by atoms with E-state index in [-0.39, 0.29) is 12.3 Å². The van der Waals surface area contributed by atoms with Gasteiger partial charge < -0.3 is 10.6 Å². The number of carbonyl (C=O) groups excluding carboxylic acids is 1. The van der Waals surface area contributed by atoms with Crippen LogP contribution in [0.1, 0.15) is 12.0 Å². The molecule has 0 atom stereocenters. The average molecular weight is 320 g/mol. The molecule has 0 bridgehead atoms. The lowest BCUT2D eigenvalue weighted by Crippen LogP contribution is -2.27. The summed E-state index contributed by atoms with van der Waals surface area (Å²) in [6.07, 6.45) is 0.877. The first-order valence-corrected chi connectivity index (χ1v) is 7.95. The third-order valence-electron chi connectivity index (χ3n) is 2.78. The minimum Gasteiger partial charge on any atom is -0.356 e. The third kappa shape index (κ3) is 5.39. The van der Waals surface area contributed by atoms with Crippen LogP contribution in [-0.2, 0) is 21.1 Å². The van der Waals surface area contributed by atoms with Crippen molar-refractivity contribution in [2.75, 3.05) is 20.1 Å². The Kier molecular flexibility index (Phi) is 6.70. The van der Waals surface area contributed by atoms with Crippen molar-refractivity contribution in [3.63, 3.8) is 0 Å². The molecule has 0 aliphatic heterocycles. The first-order valence-electron chi connectivity index (χ1n) is 6.40. The van der Waals surface area contributed by atoms with Crippen LogP contribution >= 0.6 is 0 Å². The van der Waals surface area contributed by atoms with Gasteiger partial charge in [-0.1, -0.05) is 12.1 Å². The fraction of sp³-hybridized carbons (Fsp3) is 0.462. The molecule has 1 rings (SSSR count). The zero-order valence-corrected chi connectivity index (χ0v) is 12.4. The van der Waals surface area contributed by atoms with Crippen molar-refractivity contribution in [1.82, 2.24) is 10.6 Å². The smallest absolute Gasteiger partial charge is 0.341 e. The highest BCUT2D eigenvalue weighted by molar-refractivity contribution is 7.91. The number of amides is 1. The lowest BCUT2D eigenvalue weighted by Gasteiger charge is -2.06. The van der Waals surface area contributed by atoms with Crippen LogP contribution in [0.3, 0.4) is 0 Å². The second-order valence-electron chi connectivity index (χ2n) is 4.43. The van der Waals surface area contributed by atoms with Crippen molar-refractivity contribution in [2.24, 2.45) is 0 Å². The summed E-state index contributed by atoms with van der Waals surface area (Å²) in [6.45, 7) is 1.33. The van der Waals surface area contributed by atoms with Crippen LogP contribution in [0.5, 0.6) is 0 Å². The van der Waals surface area contributed by atoms with Crippen LogP contribution < -0.4 is 10.6 Å². The maximum Gasteiger partial charge on any atom is 0.341 e. The molecule has 8 heteroatoms. The summed E-state index contributed by atoms with van der Waals surface area (Å²) in [7, 11) is -2.77. The molecule has 0 saturated carbocycles. The van der Waals surface area contributed by atoms with Crippen molar-refractivity contribution >= 4 is 15.7 Å². The van der Waals surface area contributed by atoms with Crippen LogP contribution in [0.25, 0.3) is 0 Å². The molecule has 118 valence electrons. The van der Waals surface area contributed by atoms with Crippen molar-refractivity contribution in [3.05, 3.63) is 29.8 Å². The van der Waals surface area contributed by atoms with Gasteiger partial charge in [-0.25, -0.2) is 8.42 Å². The van der Waals surface area contributed by atoms with Crippen molar-refractivity contribution in [1.29, 1.82) is 0 Å². The Hall–Kier alpha value is -1.54. The van der Waals surface area contributed by atoms with Crippen LogP contribution in [0, 0.1) is 0 Å². The SMILES string of the molecule is CNCCCNC(=O)Cc1ccc(S(=O)(=O)C(F)F)cc1. The first kappa shape index (κ1) is 17.5. The molecular formula is C13H18F2N2O3S. The van der Waals surface area contributed by atoms with Crippen molar-refractivity contribution < 1.29 is 22.0 Å². The summed E-state index contributed by atoms with van der Waals surface area (Å²) < 4.78 is 47.2. The van der Waals surface area contributed by atoms with Gasteiger partial charge in [-0.3, -0.25) is 4.79 Å². The minimum absolute atomic E-state index is 0.0779. The zero-order valence-electron chi connectivity index (χ0n) is 11.6. The molecule has 0 aromatic heterocycles. The molecule has 1 aromatic rings. The van der Waals surface area contributed by atoms with Gasteiger partial charge in [0.05, 0.1) is 11.3 Å². The molecule has 1 amide bonds. The minimum atomic E-state index is -4.58. The van der Waals surface area contributed by atoms with E-state index in [1.165, 1.54) is 12.1 Å². The Morgan fingerprint density at radius 2 is 1.81 bits per heavy atom. The number of nitrogens with one attached hydrogen (secondary N) is 2. The summed E-state index contributed by atoms with van der Waals surface area (Å²) >= 11 is 0. The number of sulfone groups is 1. The van der Waals surface area contributed by atoms with E-state index >= 15 is 0 Å². The summed E-state index contributed by atoms with van der Waals surface area (Å²) in [5.41, 5.74) is 0.564. The van der Waals surface area contributed by atoms with Gasteiger partial charge >= 0.3 is 5.76 Å². The molecule has 0 fully saturated rings. The van der Waals surface area contributed by atoms with Gasteiger partial charge in [0.15, 0.2) is 0 Å². The van der Waals surface area contributed by atoms with Gasteiger partial charge in [-0.15, -0.1) is 0 Å². The van der Waals surface area contributed by atoms with Crippen LogP contribution in [0.2, 0.25) is 0 Å². The van der Waals surface area contributed by atoms with E-state index in [1.54, 1.807) is 0 Å². The number of benzene rings is 1. The number of rotatable bonds is 8. The predicted octanol–water partition coefficient (Wildman–Crippen LogP) is 0.951. The van der Waals surface area contributed by atoms with Crippen molar-refractivity contribution in [3.8, 4) is 0 Å². The van der Waals surface area contributed by atoms with Crippen LogP contribution in [0.15, 0.2) is 29.2 Å². The second-order valence-corrected chi connectivity index (χ2v) is 6.35. The number of hydrogen-bond donors (Lipinski definition) is 2. The molecule has 5 nitrogen and oxygen atoms in total. The Bertz CT molecular complexity index is 559. The summed E-state index contributed by atoms with van der Waals surface area (Å²) in [5.74, 6) is -3.64. The average Bonchev–Trinajstić information content (AvgIpc) is 2.44. The Labute approximate surface area is 122 Å². The number of halogens is 2. The van der Waals surface area contributed by atoms with E-state index < -0.39 is 20.5 Å². The van der Waals surface area contributed by atoms with Gasteiger partial charge in [-0.05, 0) is 37.7 Å². The van der Waals surface area contributed by atoms with E-state index in [0.29, 0.717) is 12.1 Å². The molecule has 1 aromatic carbocycles. The molecule has 0 heterocycles. The third-order valence-corrected chi connectivity index (χ3v) is 4.18. The fourth-order valence-corrected chi connectivity index (χ4v) is 2.36. The maximum atomic E-state index is 12.4. The molecule has 0 unspecified atom stereocenters. The number of hydrogen-bond acceptors (Lipinski definition) is 4. The normalized spacial score (nSPS) is 11.6. The maximum absolute atomic E-state index is 12.4. The van der Waals surface area contributed by atoms with Gasteiger partial charge in [0.1, 0.15) is 0 Å². The standard InChI is InChI=1S/C13H18F2N2O3S/c1-16-7-2-8-17-12(18)9-10-3-5-11(6-4-10)21(19,20)13(14)15/h3-6,13,16H,2,7-9H2,1H3,(H,17,18). The van der Waals surface area contributed by atoms with E-state index in [1.807, 2.05) is 7.05 Å². The Morgan fingerprint density at radius 3 is 2.33 bits per heavy atom. The topological polar surface area (TPSA) is 75.3 Å². The Morgan fingerprint density at radius 1 is 1.19 bits per heavy atom. The summed E-state index contributed by atoms with van der Waals surface area (Å²) in [4.78, 5) is 11.1. The van der Waals surface area contributed by atoms with E-state index in [2.05, 4.69) is 10.6 Å². The summed E-state index contributed by atoms with van der Waals surface area (Å²) in [6, 6.07) is 4.90. The molecule has 0 aliphatic rings. The van der Waals surface area contributed by atoms with Gasteiger partial charge in [-0.2, -0.15) is 8.78 Å². The fourth-order valence-electron chi connectivity index (χ4n) is 1.64. The molecule has 0 saturated heterocycles. The molecule has 21 heavy (non-hydrogen) atoms. The molecular weight excluding hydrogens is 302 g/mol. The Balaban J connectivity index is 2.57. The molecule has 0 spiro atoms. The predicted molar refractivity (Wildman–Crippen MR) is 74.9 cm³/mol. The van der Waals surface area contributed by atoms with E-state index in [0.717, 1.165) is 25.1 Å². The largest absolute Gasteiger partial charge is 0.356 e. The number of carbonyl (C=O) groups is 1. The van der Waals surface area contributed by atoms with E-state index in [4.69, 9.17) is 0 Å². The lowest BCUT2D eigenvalue weighted by atomic mass is 10.1. The van der Waals surface area contributed by atoms with Gasteiger partial charge in [0.2, 0.25) is 15.7 Å². The first-order chi connectivity index (χ1) is 9.87. The number of alkyl halides is 2. The highest BCUT2D eigenvalue weighted by atomic mass is 32.2. The van der Waals surface area contributed by atoms with Crippen LogP contribution in [-0.4, -0.2) is 40.2 Å². The second kappa shape index (κ2) is 8.04. The monoisotopic (exact) mass is 320 g/mol. The molecule has 0 radical (unpaired) electrons.